The van der Waals surface area contributed by atoms with Gasteiger partial charge in [0, 0.05) is 11.4 Å². The van der Waals surface area contributed by atoms with Crippen LogP contribution in [0.15, 0.2) is 48.5 Å². The van der Waals surface area contributed by atoms with Crippen molar-refractivity contribution in [2.24, 2.45) is 0 Å². The number of sulfone groups is 1. The average molecular weight is 410 g/mol. The highest BCUT2D eigenvalue weighted by Crippen LogP contribution is 2.40. The summed E-state index contributed by atoms with van der Waals surface area (Å²) >= 11 is 0. The van der Waals surface area contributed by atoms with Crippen LogP contribution in [0.5, 0.6) is 0 Å². The van der Waals surface area contributed by atoms with Crippen LogP contribution in [0.3, 0.4) is 0 Å². The molecule has 2 aliphatic heterocycles. The van der Waals surface area contributed by atoms with Gasteiger partial charge in [-0.2, -0.15) is 13.2 Å². The van der Waals surface area contributed by atoms with Gasteiger partial charge in [-0.3, -0.25) is 9.80 Å². The Morgan fingerprint density at radius 2 is 1.61 bits per heavy atom. The third-order valence-corrected chi connectivity index (χ3v) is 6.89. The summed E-state index contributed by atoms with van der Waals surface area (Å²) in [5.41, 5.74) is 0.506. The summed E-state index contributed by atoms with van der Waals surface area (Å²) in [6, 6.07) is 9.59. The lowest BCUT2D eigenvalue weighted by Gasteiger charge is -2.24. The minimum atomic E-state index is -4.56. The van der Waals surface area contributed by atoms with Gasteiger partial charge in [-0.25, -0.2) is 13.2 Å². The van der Waals surface area contributed by atoms with E-state index >= 15 is 0 Å². The van der Waals surface area contributed by atoms with Gasteiger partial charge in [0.15, 0.2) is 9.84 Å². The van der Waals surface area contributed by atoms with Crippen molar-refractivity contribution in [2.45, 2.75) is 25.2 Å². The molecule has 2 amide bonds. The number of rotatable bonds is 2. The van der Waals surface area contributed by atoms with Gasteiger partial charge in [0.25, 0.3) is 0 Å². The molecule has 2 heterocycles. The van der Waals surface area contributed by atoms with Crippen molar-refractivity contribution in [3.8, 4) is 0 Å². The molecule has 5 nitrogen and oxygen atoms in total. The number of fused-ring (bicyclic) bond motifs is 1. The fraction of sp³-hybridized carbons (Fsp3) is 0.316. The molecular formula is C19H17F3N2O3S. The van der Waals surface area contributed by atoms with E-state index in [0.717, 1.165) is 17.7 Å². The zero-order chi connectivity index (χ0) is 20.3. The highest BCUT2D eigenvalue weighted by Gasteiger charge is 2.54. The maximum absolute atomic E-state index is 13.2. The summed E-state index contributed by atoms with van der Waals surface area (Å²) < 4.78 is 63.9. The standard InChI is InChI=1S/C19H17F3N2O3S/c1-12-5-2-3-8-15(12)24-17-11-28(26,27)10-16(17)23(18(24)25)14-7-4-6-13(9-14)19(20,21)22/h2-9,16-17H,10-11H2,1H3/t16-,17-/m1/s1. The molecule has 0 spiro atoms. The normalized spacial score (nSPS) is 23.9. The minimum Gasteiger partial charge on any atom is -0.288 e. The van der Waals surface area contributed by atoms with E-state index in [1.165, 1.54) is 21.9 Å². The van der Waals surface area contributed by atoms with E-state index in [4.69, 9.17) is 0 Å². The Bertz CT molecular complexity index is 1050. The van der Waals surface area contributed by atoms with Crippen molar-refractivity contribution in [3.05, 3.63) is 59.7 Å². The first-order valence-electron chi connectivity index (χ1n) is 8.64. The van der Waals surface area contributed by atoms with E-state index in [9.17, 15) is 26.4 Å². The van der Waals surface area contributed by atoms with Gasteiger partial charge in [-0.05, 0) is 36.8 Å². The molecule has 9 heteroatoms. The summed E-state index contributed by atoms with van der Waals surface area (Å²) in [6.07, 6.45) is -4.56. The molecule has 2 aromatic rings. The summed E-state index contributed by atoms with van der Waals surface area (Å²) in [7, 11) is -3.42. The molecule has 2 saturated heterocycles. The number of aryl methyl sites for hydroxylation is 1. The lowest BCUT2D eigenvalue weighted by Crippen LogP contribution is -2.38. The van der Waals surface area contributed by atoms with Crippen LogP contribution in [0.2, 0.25) is 0 Å². The van der Waals surface area contributed by atoms with Crippen LogP contribution in [-0.2, 0) is 16.0 Å². The molecule has 28 heavy (non-hydrogen) atoms. The number of halogens is 3. The molecule has 2 aromatic carbocycles. The molecular weight excluding hydrogens is 393 g/mol. The Morgan fingerprint density at radius 1 is 0.964 bits per heavy atom. The number of nitrogens with zero attached hydrogens (tertiary/aromatic N) is 2. The Morgan fingerprint density at radius 3 is 2.25 bits per heavy atom. The second kappa shape index (κ2) is 6.23. The summed E-state index contributed by atoms with van der Waals surface area (Å²) in [6.45, 7) is 1.80. The smallest absolute Gasteiger partial charge is 0.288 e. The van der Waals surface area contributed by atoms with Crippen LogP contribution < -0.4 is 9.80 Å². The highest BCUT2D eigenvalue weighted by molar-refractivity contribution is 7.91. The summed E-state index contributed by atoms with van der Waals surface area (Å²) in [5.74, 6) is -0.491. The number of carbonyl (C=O) groups is 1. The molecule has 2 fully saturated rings. The van der Waals surface area contributed by atoms with E-state index in [2.05, 4.69) is 0 Å². The van der Waals surface area contributed by atoms with Crippen molar-refractivity contribution in [3.63, 3.8) is 0 Å². The van der Waals surface area contributed by atoms with E-state index in [1.807, 2.05) is 0 Å². The van der Waals surface area contributed by atoms with Gasteiger partial charge >= 0.3 is 12.2 Å². The van der Waals surface area contributed by atoms with Gasteiger partial charge in [-0.15, -0.1) is 0 Å². The van der Waals surface area contributed by atoms with Crippen LogP contribution in [0.25, 0.3) is 0 Å². The predicted octanol–water partition coefficient (Wildman–Crippen LogP) is 3.63. The Labute approximate surface area is 160 Å². The van der Waals surface area contributed by atoms with Crippen LogP contribution in [0, 0.1) is 6.92 Å². The zero-order valence-electron chi connectivity index (χ0n) is 14.8. The summed E-state index contributed by atoms with van der Waals surface area (Å²) in [4.78, 5) is 15.8. The first-order valence-corrected chi connectivity index (χ1v) is 10.5. The quantitative estimate of drug-likeness (QED) is 0.711. The molecule has 148 valence electrons. The first-order chi connectivity index (χ1) is 13.1. The first kappa shape index (κ1) is 18.8. The lowest BCUT2D eigenvalue weighted by molar-refractivity contribution is -0.137. The van der Waals surface area contributed by atoms with E-state index in [0.29, 0.717) is 5.69 Å². The number of carbonyl (C=O) groups excluding carboxylic acids is 1. The fourth-order valence-electron chi connectivity index (χ4n) is 3.95. The largest absolute Gasteiger partial charge is 0.416 e. The van der Waals surface area contributed by atoms with Crippen molar-refractivity contribution < 1.29 is 26.4 Å². The van der Waals surface area contributed by atoms with Crippen LogP contribution >= 0.6 is 0 Å². The second-order valence-electron chi connectivity index (χ2n) is 7.07. The third kappa shape index (κ3) is 3.03. The Kier molecular flexibility index (Phi) is 4.18. The second-order valence-corrected chi connectivity index (χ2v) is 9.22. The number of hydrogen-bond donors (Lipinski definition) is 0. The molecule has 0 aromatic heterocycles. The maximum Gasteiger partial charge on any atom is 0.416 e. The number of amides is 2. The molecule has 0 bridgehead atoms. The van der Waals surface area contributed by atoms with Crippen molar-refractivity contribution in [1.29, 1.82) is 0 Å². The Balaban J connectivity index is 1.83. The van der Waals surface area contributed by atoms with Crippen molar-refractivity contribution >= 4 is 27.2 Å². The van der Waals surface area contributed by atoms with Crippen LogP contribution in [0.1, 0.15) is 11.1 Å². The predicted molar refractivity (Wildman–Crippen MR) is 99.2 cm³/mol. The molecule has 2 aliphatic rings. The molecule has 0 N–H and O–H groups in total. The molecule has 0 unspecified atom stereocenters. The van der Waals surface area contributed by atoms with Crippen molar-refractivity contribution in [2.75, 3.05) is 21.3 Å². The van der Waals surface area contributed by atoms with Gasteiger partial charge in [-0.1, -0.05) is 24.3 Å². The van der Waals surface area contributed by atoms with E-state index in [-0.39, 0.29) is 17.2 Å². The van der Waals surface area contributed by atoms with Crippen molar-refractivity contribution in [1.82, 2.24) is 0 Å². The number of anilines is 2. The molecule has 0 radical (unpaired) electrons. The minimum absolute atomic E-state index is 0.0445. The number of hydrogen-bond acceptors (Lipinski definition) is 3. The Hall–Kier alpha value is -2.55. The summed E-state index contributed by atoms with van der Waals surface area (Å²) in [5, 5.41) is 0. The topological polar surface area (TPSA) is 57.7 Å². The number of alkyl halides is 3. The lowest BCUT2D eigenvalue weighted by atomic mass is 10.1. The fourth-order valence-corrected chi connectivity index (χ4v) is 5.87. The highest BCUT2D eigenvalue weighted by atomic mass is 32.2. The van der Waals surface area contributed by atoms with Crippen LogP contribution in [-0.4, -0.2) is 38.0 Å². The molecule has 0 saturated carbocycles. The maximum atomic E-state index is 13.2. The number of para-hydroxylation sites is 1. The number of urea groups is 1. The van der Waals surface area contributed by atoms with E-state index < -0.39 is 39.7 Å². The van der Waals surface area contributed by atoms with Gasteiger partial charge < -0.3 is 0 Å². The van der Waals surface area contributed by atoms with E-state index in [1.54, 1.807) is 31.2 Å². The van der Waals surface area contributed by atoms with Crippen LogP contribution in [0.4, 0.5) is 29.3 Å². The average Bonchev–Trinajstić information content (AvgIpc) is 3.04. The van der Waals surface area contributed by atoms with Gasteiger partial charge in [0.05, 0.1) is 29.2 Å². The molecule has 4 rings (SSSR count). The number of benzene rings is 2. The molecule has 0 aliphatic carbocycles. The SMILES string of the molecule is Cc1ccccc1N1C(=O)N(c2cccc(C(F)(F)F)c2)[C@@H]2CS(=O)(=O)C[C@H]21. The van der Waals surface area contributed by atoms with Gasteiger partial charge in [0.2, 0.25) is 0 Å². The zero-order valence-corrected chi connectivity index (χ0v) is 15.7. The molecule has 2 atom stereocenters. The van der Waals surface area contributed by atoms with Gasteiger partial charge in [0.1, 0.15) is 0 Å². The monoisotopic (exact) mass is 410 g/mol. The third-order valence-electron chi connectivity index (χ3n) is 5.20.